The summed E-state index contributed by atoms with van der Waals surface area (Å²) in [5.41, 5.74) is 0.401. The fourth-order valence-corrected chi connectivity index (χ4v) is 3.45. The standard InChI is InChI=1S/C20H32O5S/c1-14(2)16(4)17(12-19(21)25-20(5,6)7)13-24-26(22,23)18-10-8-15(3)9-11-18/h8-11,14,16-17H,12-13H2,1-7H3. The largest absolute Gasteiger partial charge is 0.460 e. The lowest BCUT2D eigenvalue weighted by molar-refractivity contribution is -0.156. The van der Waals surface area contributed by atoms with Crippen LogP contribution in [0.4, 0.5) is 0 Å². The van der Waals surface area contributed by atoms with Crippen LogP contribution in [0.25, 0.3) is 0 Å². The van der Waals surface area contributed by atoms with Gasteiger partial charge >= 0.3 is 5.97 Å². The summed E-state index contributed by atoms with van der Waals surface area (Å²) in [6.07, 6.45) is 0.125. The molecule has 0 aliphatic heterocycles. The molecule has 1 aromatic carbocycles. The average Bonchev–Trinajstić information content (AvgIpc) is 2.49. The highest BCUT2D eigenvalue weighted by molar-refractivity contribution is 7.86. The van der Waals surface area contributed by atoms with E-state index < -0.39 is 15.7 Å². The first-order valence-electron chi connectivity index (χ1n) is 9.00. The maximum atomic E-state index is 12.4. The zero-order chi connectivity index (χ0) is 20.1. The molecule has 0 saturated carbocycles. The van der Waals surface area contributed by atoms with E-state index in [1.807, 2.05) is 48.5 Å². The minimum atomic E-state index is -3.85. The summed E-state index contributed by atoms with van der Waals surface area (Å²) in [7, 11) is -3.85. The molecule has 0 heterocycles. The molecule has 1 rings (SSSR count). The Kier molecular flexibility index (Phi) is 7.84. The fraction of sp³-hybridized carbons (Fsp3) is 0.650. The van der Waals surface area contributed by atoms with Crippen LogP contribution in [0.2, 0.25) is 0 Å². The van der Waals surface area contributed by atoms with E-state index in [0.717, 1.165) is 5.56 Å². The molecular weight excluding hydrogens is 352 g/mol. The Hall–Kier alpha value is -1.40. The average molecular weight is 385 g/mol. The first-order chi connectivity index (χ1) is 11.8. The van der Waals surface area contributed by atoms with Crippen LogP contribution in [0, 0.1) is 24.7 Å². The number of benzene rings is 1. The van der Waals surface area contributed by atoms with Crippen LogP contribution in [-0.2, 0) is 23.8 Å². The van der Waals surface area contributed by atoms with E-state index in [-0.39, 0.29) is 41.6 Å². The van der Waals surface area contributed by atoms with Crippen LogP contribution in [0.15, 0.2) is 29.2 Å². The van der Waals surface area contributed by atoms with Crippen LogP contribution in [0.1, 0.15) is 53.5 Å². The van der Waals surface area contributed by atoms with E-state index in [9.17, 15) is 13.2 Å². The summed E-state index contributed by atoms with van der Waals surface area (Å²) in [6, 6.07) is 6.51. The molecule has 0 aliphatic carbocycles. The third-order valence-corrected chi connectivity index (χ3v) is 5.69. The fourth-order valence-electron chi connectivity index (χ4n) is 2.49. The topological polar surface area (TPSA) is 69.7 Å². The van der Waals surface area contributed by atoms with Gasteiger partial charge in [0.15, 0.2) is 0 Å². The summed E-state index contributed by atoms with van der Waals surface area (Å²) in [4.78, 5) is 12.3. The van der Waals surface area contributed by atoms with E-state index in [0.29, 0.717) is 0 Å². The lowest BCUT2D eigenvalue weighted by Gasteiger charge is -2.27. The molecule has 0 fully saturated rings. The van der Waals surface area contributed by atoms with Gasteiger partial charge in [-0.3, -0.25) is 8.98 Å². The Morgan fingerprint density at radius 3 is 2.08 bits per heavy atom. The van der Waals surface area contributed by atoms with Crippen molar-refractivity contribution in [1.82, 2.24) is 0 Å². The highest BCUT2D eigenvalue weighted by atomic mass is 32.2. The maximum absolute atomic E-state index is 12.4. The van der Waals surface area contributed by atoms with Crippen molar-refractivity contribution in [3.8, 4) is 0 Å². The number of carbonyl (C=O) groups is 1. The monoisotopic (exact) mass is 384 g/mol. The van der Waals surface area contributed by atoms with Crippen LogP contribution >= 0.6 is 0 Å². The van der Waals surface area contributed by atoms with Gasteiger partial charge < -0.3 is 4.74 Å². The molecule has 5 nitrogen and oxygen atoms in total. The van der Waals surface area contributed by atoms with Gasteiger partial charge in [-0.25, -0.2) is 0 Å². The smallest absolute Gasteiger partial charge is 0.306 e. The second kappa shape index (κ2) is 9.00. The Bertz CT molecular complexity index is 684. The molecule has 0 saturated heterocycles. The van der Waals surface area contributed by atoms with Crippen molar-refractivity contribution >= 4 is 16.1 Å². The lowest BCUT2D eigenvalue weighted by Crippen LogP contribution is -2.30. The number of hydrogen-bond acceptors (Lipinski definition) is 5. The summed E-state index contributed by atoms with van der Waals surface area (Å²) < 4.78 is 35.5. The maximum Gasteiger partial charge on any atom is 0.306 e. The zero-order valence-corrected chi connectivity index (χ0v) is 17.7. The molecule has 0 amide bonds. The Morgan fingerprint density at radius 2 is 1.62 bits per heavy atom. The van der Waals surface area contributed by atoms with Crippen LogP contribution in [0.5, 0.6) is 0 Å². The first kappa shape index (κ1) is 22.6. The Balaban J connectivity index is 2.85. The second-order valence-electron chi connectivity index (χ2n) is 8.21. The number of aryl methyl sites for hydroxylation is 1. The van der Waals surface area contributed by atoms with Gasteiger partial charge in [0.1, 0.15) is 5.60 Å². The van der Waals surface area contributed by atoms with Crippen molar-refractivity contribution in [3.05, 3.63) is 29.8 Å². The quantitative estimate of drug-likeness (QED) is 0.492. The molecule has 0 N–H and O–H groups in total. The first-order valence-corrected chi connectivity index (χ1v) is 10.4. The number of hydrogen-bond donors (Lipinski definition) is 0. The van der Waals surface area contributed by atoms with Crippen molar-refractivity contribution in [2.75, 3.05) is 6.61 Å². The SMILES string of the molecule is Cc1ccc(S(=O)(=O)OCC(CC(=O)OC(C)(C)C)C(C)C(C)C)cc1. The van der Waals surface area contributed by atoms with Gasteiger partial charge in [0.25, 0.3) is 10.1 Å². The van der Waals surface area contributed by atoms with Crippen LogP contribution in [-0.4, -0.2) is 26.6 Å². The molecule has 0 spiro atoms. The lowest BCUT2D eigenvalue weighted by atomic mass is 9.83. The normalized spacial score (nSPS) is 14.9. The molecule has 1 aromatic rings. The van der Waals surface area contributed by atoms with Crippen LogP contribution < -0.4 is 0 Å². The molecule has 26 heavy (non-hydrogen) atoms. The van der Waals surface area contributed by atoms with Gasteiger partial charge in [-0.15, -0.1) is 0 Å². The number of ether oxygens (including phenoxy) is 1. The molecule has 148 valence electrons. The number of rotatable bonds is 8. The van der Waals surface area contributed by atoms with Gasteiger partial charge in [-0.1, -0.05) is 38.5 Å². The van der Waals surface area contributed by atoms with E-state index in [4.69, 9.17) is 8.92 Å². The Morgan fingerprint density at radius 1 is 1.08 bits per heavy atom. The van der Waals surface area contributed by atoms with Gasteiger partial charge in [-0.2, -0.15) is 8.42 Å². The summed E-state index contributed by atoms with van der Waals surface area (Å²) in [5.74, 6) is -0.194. The predicted octanol–water partition coefficient (Wildman–Crippen LogP) is 4.34. The summed E-state index contributed by atoms with van der Waals surface area (Å²) in [6.45, 7) is 13.4. The molecule has 2 atom stereocenters. The van der Waals surface area contributed by atoms with Crippen molar-refractivity contribution in [2.45, 2.75) is 65.4 Å². The van der Waals surface area contributed by atoms with Crippen molar-refractivity contribution in [3.63, 3.8) is 0 Å². The molecular formula is C20H32O5S. The molecule has 0 aliphatic rings. The van der Waals surface area contributed by atoms with Gasteiger partial charge in [0.05, 0.1) is 17.9 Å². The van der Waals surface area contributed by atoms with Gasteiger partial charge in [0, 0.05) is 0 Å². The predicted molar refractivity (Wildman–Crippen MR) is 102 cm³/mol. The highest BCUT2D eigenvalue weighted by Gasteiger charge is 2.28. The van der Waals surface area contributed by atoms with Crippen molar-refractivity contribution < 1.29 is 22.1 Å². The third-order valence-electron chi connectivity index (χ3n) is 4.39. The van der Waals surface area contributed by atoms with E-state index in [1.54, 1.807) is 12.1 Å². The molecule has 0 bridgehead atoms. The summed E-state index contributed by atoms with van der Waals surface area (Å²) in [5, 5.41) is 0. The van der Waals surface area contributed by atoms with Crippen molar-refractivity contribution in [1.29, 1.82) is 0 Å². The second-order valence-corrected chi connectivity index (χ2v) is 9.82. The van der Waals surface area contributed by atoms with Crippen LogP contribution in [0.3, 0.4) is 0 Å². The minimum absolute atomic E-state index is 0.0468. The highest BCUT2D eigenvalue weighted by Crippen LogP contribution is 2.26. The van der Waals surface area contributed by atoms with E-state index >= 15 is 0 Å². The summed E-state index contributed by atoms with van der Waals surface area (Å²) >= 11 is 0. The zero-order valence-electron chi connectivity index (χ0n) is 16.9. The Labute approximate surface area is 158 Å². The van der Waals surface area contributed by atoms with E-state index in [2.05, 4.69) is 0 Å². The molecule has 0 radical (unpaired) electrons. The van der Waals surface area contributed by atoms with Crippen molar-refractivity contribution in [2.24, 2.45) is 17.8 Å². The number of carbonyl (C=O) groups excluding carboxylic acids is 1. The molecule has 0 aromatic heterocycles. The molecule has 2 unspecified atom stereocenters. The van der Waals surface area contributed by atoms with Gasteiger partial charge in [0.2, 0.25) is 0 Å². The third kappa shape index (κ3) is 7.46. The molecule has 6 heteroatoms. The minimum Gasteiger partial charge on any atom is -0.460 e. The van der Waals surface area contributed by atoms with Gasteiger partial charge in [-0.05, 0) is 57.6 Å². The van der Waals surface area contributed by atoms with E-state index in [1.165, 1.54) is 12.1 Å². The number of esters is 1.